The van der Waals surface area contributed by atoms with Crippen LogP contribution in [0.3, 0.4) is 0 Å². The zero-order valence-electron chi connectivity index (χ0n) is 13.5. The molecule has 2 rings (SSSR count). The Kier molecular flexibility index (Phi) is 7.01. The molecule has 2 unspecified atom stereocenters. The van der Waals surface area contributed by atoms with E-state index in [0.717, 1.165) is 23.1 Å². The summed E-state index contributed by atoms with van der Waals surface area (Å²) in [6, 6.07) is 17.9. The third kappa shape index (κ3) is 5.03. The first kappa shape index (κ1) is 17.4. The van der Waals surface area contributed by atoms with Crippen LogP contribution in [0.1, 0.15) is 35.1 Å². The Morgan fingerprint density at radius 3 is 2.35 bits per heavy atom. The van der Waals surface area contributed by atoms with Gasteiger partial charge in [0, 0.05) is 13.0 Å². The van der Waals surface area contributed by atoms with Gasteiger partial charge in [0.2, 0.25) is 0 Å². The van der Waals surface area contributed by atoms with E-state index < -0.39 is 6.10 Å². The summed E-state index contributed by atoms with van der Waals surface area (Å²) in [5.74, 6) is -0.0103. The summed E-state index contributed by atoms with van der Waals surface area (Å²) in [4.78, 5) is 0. The van der Waals surface area contributed by atoms with Gasteiger partial charge in [-0.25, -0.2) is 0 Å². The topological polar surface area (TPSA) is 38.7 Å². The van der Waals surface area contributed by atoms with Crippen molar-refractivity contribution in [2.75, 3.05) is 13.9 Å². The van der Waals surface area contributed by atoms with Crippen molar-refractivity contribution in [3.05, 3.63) is 83.9 Å². The molecule has 0 saturated carbocycles. The van der Waals surface area contributed by atoms with E-state index in [1.54, 1.807) is 7.11 Å². The summed E-state index contributed by atoms with van der Waals surface area (Å²) in [6.45, 7) is 4.63. The van der Waals surface area contributed by atoms with E-state index in [0.29, 0.717) is 6.61 Å². The minimum absolute atomic E-state index is 0.0103. The second kappa shape index (κ2) is 9.26. The van der Waals surface area contributed by atoms with Crippen molar-refractivity contribution in [3.63, 3.8) is 0 Å². The molecule has 0 fully saturated rings. The minimum atomic E-state index is -0.551. The standard InChI is InChI=1S/C20H24O3/c1-3-7-19(20(21)18-8-5-4-6-9-18)17-12-10-16(11-13-17)14-23-15-22-2/h3-6,8-13,19-21H,1,7,14-15H2,2H3. The summed E-state index contributed by atoms with van der Waals surface area (Å²) in [5, 5.41) is 10.7. The van der Waals surface area contributed by atoms with Gasteiger partial charge < -0.3 is 14.6 Å². The van der Waals surface area contributed by atoms with Gasteiger partial charge in [0.15, 0.2) is 0 Å². The van der Waals surface area contributed by atoms with Gasteiger partial charge in [-0.1, -0.05) is 60.7 Å². The fraction of sp³-hybridized carbons (Fsp3) is 0.300. The lowest BCUT2D eigenvalue weighted by Gasteiger charge is -2.23. The lowest BCUT2D eigenvalue weighted by Crippen LogP contribution is -2.10. The molecule has 3 heteroatoms. The van der Waals surface area contributed by atoms with Crippen molar-refractivity contribution < 1.29 is 14.6 Å². The third-order valence-electron chi connectivity index (χ3n) is 3.82. The van der Waals surface area contributed by atoms with Crippen LogP contribution in [0.25, 0.3) is 0 Å². The normalized spacial score (nSPS) is 13.5. The van der Waals surface area contributed by atoms with Crippen LogP contribution in [0.5, 0.6) is 0 Å². The number of aliphatic hydroxyl groups excluding tert-OH is 1. The fourth-order valence-corrected chi connectivity index (χ4v) is 2.61. The van der Waals surface area contributed by atoms with Gasteiger partial charge in [0.1, 0.15) is 6.79 Å². The molecule has 0 amide bonds. The molecule has 2 aromatic carbocycles. The average molecular weight is 312 g/mol. The van der Waals surface area contributed by atoms with Gasteiger partial charge in [0.05, 0.1) is 12.7 Å². The molecule has 3 nitrogen and oxygen atoms in total. The Morgan fingerprint density at radius 1 is 1.04 bits per heavy atom. The molecule has 0 aliphatic rings. The van der Waals surface area contributed by atoms with Gasteiger partial charge in [-0.2, -0.15) is 0 Å². The molecule has 2 aromatic rings. The lowest BCUT2D eigenvalue weighted by atomic mass is 9.86. The Bertz CT molecular complexity index is 578. The second-order valence-electron chi connectivity index (χ2n) is 5.48. The SMILES string of the molecule is C=CCC(c1ccc(COCOC)cc1)C(O)c1ccccc1. The van der Waals surface area contributed by atoms with Crippen LogP contribution in [0, 0.1) is 0 Å². The van der Waals surface area contributed by atoms with Crippen LogP contribution < -0.4 is 0 Å². The van der Waals surface area contributed by atoms with Gasteiger partial charge in [-0.05, 0) is 23.1 Å². The molecule has 0 bridgehead atoms. The smallest absolute Gasteiger partial charge is 0.146 e. The Hall–Kier alpha value is -1.94. The van der Waals surface area contributed by atoms with E-state index >= 15 is 0 Å². The maximum atomic E-state index is 10.7. The molecule has 0 aromatic heterocycles. The first-order valence-corrected chi connectivity index (χ1v) is 7.75. The first-order chi connectivity index (χ1) is 11.3. The van der Waals surface area contributed by atoms with Crippen molar-refractivity contribution in [1.29, 1.82) is 0 Å². The highest BCUT2D eigenvalue weighted by atomic mass is 16.7. The zero-order chi connectivity index (χ0) is 16.5. The molecule has 0 heterocycles. The molecule has 0 aliphatic carbocycles. The summed E-state index contributed by atoms with van der Waals surface area (Å²) >= 11 is 0. The highest BCUT2D eigenvalue weighted by molar-refractivity contribution is 5.29. The molecule has 122 valence electrons. The van der Waals surface area contributed by atoms with Crippen LogP contribution in [-0.2, 0) is 16.1 Å². The molecule has 23 heavy (non-hydrogen) atoms. The lowest BCUT2D eigenvalue weighted by molar-refractivity contribution is -0.0390. The summed E-state index contributed by atoms with van der Waals surface area (Å²) in [5.41, 5.74) is 3.10. The molecular formula is C20H24O3. The maximum absolute atomic E-state index is 10.7. The Balaban J connectivity index is 2.12. The second-order valence-corrected chi connectivity index (χ2v) is 5.48. The van der Waals surface area contributed by atoms with Crippen molar-refractivity contribution in [2.24, 2.45) is 0 Å². The molecule has 0 radical (unpaired) electrons. The summed E-state index contributed by atoms with van der Waals surface area (Å²) < 4.78 is 10.2. The third-order valence-corrected chi connectivity index (χ3v) is 3.82. The molecule has 1 N–H and O–H groups in total. The Labute approximate surface area is 138 Å². The van der Waals surface area contributed by atoms with Crippen LogP contribution in [0.2, 0.25) is 0 Å². The number of hydrogen-bond donors (Lipinski definition) is 1. The molecule has 2 atom stereocenters. The van der Waals surface area contributed by atoms with Crippen molar-refractivity contribution in [2.45, 2.75) is 25.0 Å². The number of hydrogen-bond acceptors (Lipinski definition) is 3. The van der Waals surface area contributed by atoms with Crippen molar-refractivity contribution >= 4 is 0 Å². The number of allylic oxidation sites excluding steroid dienone is 1. The van der Waals surface area contributed by atoms with Gasteiger partial charge in [0.25, 0.3) is 0 Å². The van der Waals surface area contributed by atoms with Gasteiger partial charge in [-0.15, -0.1) is 6.58 Å². The van der Waals surface area contributed by atoms with Gasteiger partial charge in [-0.3, -0.25) is 0 Å². The van der Waals surface area contributed by atoms with Crippen LogP contribution in [-0.4, -0.2) is 19.0 Å². The highest BCUT2D eigenvalue weighted by Crippen LogP contribution is 2.34. The Morgan fingerprint density at radius 2 is 1.74 bits per heavy atom. The molecular weight excluding hydrogens is 288 g/mol. The van der Waals surface area contributed by atoms with Crippen molar-refractivity contribution in [1.82, 2.24) is 0 Å². The largest absolute Gasteiger partial charge is 0.388 e. The van der Waals surface area contributed by atoms with E-state index in [9.17, 15) is 5.11 Å². The predicted octanol–water partition coefficient (Wildman–Crippen LogP) is 4.20. The number of ether oxygens (including phenoxy) is 2. The predicted molar refractivity (Wildman–Crippen MR) is 92.1 cm³/mol. The van der Waals surface area contributed by atoms with Gasteiger partial charge >= 0.3 is 0 Å². The summed E-state index contributed by atoms with van der Waals surface area (Å²) in [6.07, 6.45) is 2.02. The van der Waals surface area contributed by atoms with Crippen LogP contribution in [0.4, 0.5) is 0 Å². The number of methoxy groups -OCH3 is 1. The number of benzene rings is 2. The average Bonchev–Trinajstić information content (AvgIpc) is 2.61. The molecule has 0 aliphatic heterocycles. The number of rotatable bonds is 9. The molecule has 0 spiro atoms. The van der Waals surface area contributed by atoms with E-state index in [-0.39, 0.29) is 12.7 Å². The van der Waals surface area contributed by atoms with E-state index in [2.05, 4.69) is 6.58 Å². The van der Waals surface area contributed by atoms with E-state index in [4.69, 9.17) is 9.47 Å². The quantitative estimate of drug-likeness (QED) is 0.428. The van der Waals surface area contributed by atoms with Crippen molar-refractivity contribution in [3.8, 4) is 0 Å². The zero-order valence-corrected chi connectivity index (χ0v) is 13.5. The van der Waals surface area contributed by atoms with E-state index in [1.165, 1.54) is 0 Å². The van der Waals surface area contributed by atoms with Crippen LogP contribution >= 0.6 is 0 Å². The summed E-state index contributed by atoms with van der Waals surface area (Å²) in [7, 11) is 1.61. The molecule has 0 saturated heterocycles. The van der Waals surface area contributed by atoms with E-state index in [1.807, 2.05) is 60.7 Å². The minimum Gasteiger partial charge on any atom is -0.388 e. The fourth-order valence-electron chi connectivity index (χ4n) is 2.61. The first-order valence-electron chi connectivity index (χ1n) is 7.75. The highest BCUT2D eigenvalue weighted by Gasteiger charge is 2.21. The van der Waals surface area contributed by atoms with Crippen LogP contribution in [0.15, 0.2) is 67.3 Å². The number of aliphatic hydroxyl groups is 1. The maximum Gasteiger partial charge on any atom is 0.146 e. The monoisotopic (exact) mass is 312 g/mol.